The molecule has 0 aliphatic carbocycles. The van der Waals surface area contributed by atoms with Gasteiger partial charge in [-0.3, -0.25) is 9.36 Å². The minimum atomic E-state index is -0.210. The minimum Gasteiger partial charge on any atom is -0.342 e. The molecule has 3 aromatic rings. The van der Waals surface area contributed by atoms with Gasteiger partial charge in [0.2, 0.25) is 5.91 Å². The largest absolute Gasteiger partial charge is 0.342 e. The Morgan fingerprint density at radius 1 is 1.00 bits per heavy atom. The summed E-state index contributed by atoms with van der Waals surface area (Å²) in [4.78, 5) is 15.0. The summed E-state index contributed by atoms with van der Waals surface area (Å²) >= 11 is 1.48. The first kappa shape index (κ1) is 19.7. The highest BCUT2D eigenvalue weighted by atomic mass is 32.2. The van der Waals surface area contributed by atoms with Gasteiger partial charge in [0.1, 0.15) is 0 Å². The molecule has 2 aromatic carbocycles. The van der Waals surface area contributed by atoms with Crippen molar-refractivity contribution in [2.45, 2.75) is 37.1 Å². The van der Waals surface area contributed by atoms with Crippen LogP contribution in [0.3, 0.4) is 0 Å². The van der Waals surface area contributed by atoms with Crippen molar-refractivity contribution in [3.8, 4) is 17.1 Å². The first-order valence-corrected chi connectivity index (χ1v) is 11.0. The van der Waals surface area contributed by atoms with Crippen molar-refractivity contribution in [3.63, 3.8) is 0 Å². The number of likely N-dealkylation sites (tertiary alicyclic amines) is 1. The maximum absolute atomic E-state index is 13.0. The average Bonchev–Trinajstić information content (AvgIpc) is 3.18. The molecule has 150 valence electrons. The lowest BCUT2D eigenvalue weighted by molar-refractivity contribution is -0.131. The number of amides is 1. The third-order valence-electron chi connectivity index (χ3n) is 5.40. The van der Waals surface area contributed by atoms with Crippen LogP contribution in [-0.2, 0) is 4.79 Å². The van der Waals surface area contributed by atoms with E-state index in [1.54, 1.807) is 0 Å². The summed E-state index contributed by atoms with van der Waals surface area (Å²) in [5.74, 6) is 1.67. The molecular formula is C23H26N4OS. The van der Waals surface area contributed by atoms with Crippen LogP contribution in [0.5, 0.6) is 0 Å². The van der Waals surface area contributed by atoms with Crippen molar-refractivity contribution >= 4 is 17.7 Å². The molecule has 1 aliphatic rings. The number of carbonyl (C=O) groups is 1. The van der Waals surface area contributed by atoms with E-state index < -0.39 is 0 Å². The number of hydrogen-bond donors (Lipinski definition) is 0. The van der Waals surface area contributed by atoms with Gasteiger partial charge in [0.15, 0.2) is 11.0 Å². The summed E-state index contributed by atoms with van der Waals surface area (Å²) in [7, 11) is 0. The van der Waals surface area contributed by atoms with Gasteiger partial charge in [0.25, 0.3) is 0 Å². The molecule has 4 rings (SSSR count). The number of thioether (sulfide) groups is 1. The molecule has 1 saturated heterocycles. The molecule has 0 bridgehead atoms. The fraction of sp³-hybridized carbons (Fsp3) is 0.348. The van der Waals surface area contributed by atoms with E-state index in [4.69, 9.17) is 0 Å². The predicted molar refractivity (Wildman–Crippen MR) is 117 cm³/mol. The van der Waals surface area contributed by atoms with Gasteiger partial charge in [0.05, 0.1) is 5.25 Å². The van der Waals surface area contributed by atoms with Crippen LogP contribution in [-0.4, -0.2) is 43.9 Å². The van der Waals surface area contributed by atoms with E-state index in [0.29, 0.717) is 5.92 Å². The highest BCUT2D eigenvalue weighted by Gasteiger charge is 2.27. The molecule has 6 heteroatoms. The zero-order valence-electron chi connectivity index (χ0n) is 16.9. The predicted octanol–water partition coefficient (Wildman–Crippen LogP) is 4.67. The van der Waals surface area contributed by atoms with Gasteiger partial charge in [-0.2, -0.15) is 0 Å². The van der Waals surface area contributed by atoms with E-state index in [9.17, 15) is 4.79 Å². The topological polar surface area (TPSA) is 51.0 Å². The SMILES string of the molecule is CC1CCN(C(=O)C(C)Sc2nnc(-c3ccccc3)n2-c2ccccc2)CC1. The summed E-state index contributed by atoms with van der Waals surface area (Å²) in [5.41, 5.74) is 1.99. The lowest BCUT2D eigenvalue weighted by atomic mass is 9.99. The highest BCUT2D eigenvalue weighted by molar-refractivity contribution is 8.00. The van der Waals surface area contributed by atoms with E-state index in [2.05, 4.69) is 17.1 Å². The molecule has 1 aromatic heterocycles. The molecule has 0 radical (unpaired) electrons. The number of aromatic nitrogens is 3. The Hall–Kier alpha value is -2.60. The summed E-state index contributed by atoms with van der Waals surface area (Å²) in [6.45, 7) is 5.93. The molecule has 0 spiro atoms. The maximum atomic E-state index is 13.0. The Kier molecular flexibility index (Phi) is 6.00. The van der Waals surface area contributed by atoms with E-state index in [0.717, 1.165) is 48.2 Å². The Balaban J connectivity index is 1.62. The summed E-state index contributed by atoms with van der Waals surface area (Å²) in [5, 5.41) is 9.45. The highest BCUT2D eigenvalue weighted by Crippen LogP contribution is 2.31. The lowest BCUT2D eigenvalue weighted by Gasteiger charge is -2.32. The number of piperidine rings is 1. The molecule has 1 atom stereocenters. The smallest absolute Gasteiger partial charge is 0.235 e. The fourth-order valence-corrected chi connectivity index (χ4v) is 4.58. The zero-order chi connectivity index (χ0) is 20.2. The van der Waals surface area contributed by atoms with Gasteiger partial charge in [-0.1, -0.05) is 67.2 Å². The van der Waals surface area contributed by atoms with E-state index in [1.807, 2.05) is 77.1 Å². The van der Waals surface area contributed by atoms with Crippen molar-refractivity contribution in [3.05, 3.63) is 60.7 Å². The molecule has 2 heterocycles. The van der Waals surface area contributed by atoms with Crippen molar-refractivity contribution < 1.29 is 4.79 Å². The van der Waals surface area contributed by atoms with Crippen LogP contribution in [0.2, 0.25) is 0 Å². The van der Waals surface area contributed by atoms with Crippen molar-refractivity contribution in [1.29, 1.82) is 0 Å². The van der Waals surface area contributed by atoms with Crippen LogP contribution >= 0.6 is 11.8 Å². The lowest BCUT2D eigenvalue weighted by Crippen LogP contribution is -2.41. The second-order valence-electron chi connectivity index (χ2n) is 7.61. The Labute approximate surface area is 176 Å². The minimum absolute atomic E-state index is 0.186. The van der Waals surface area contributed by atoms with Gasteiger partial charge >= 0.3 is 0 Å². The number of carbonyl (C=O) groups excluding carboxylic acids is 1. The van der Waals surface area contributed by atoms with Crippen LogP contribution < -0.4 is 0 Å². The zero-order valence-corrected chi connectivity index (χ0v) is 17.7. The summed E-state index contributed by atoms with van der Waals surface area (Å²) in [6.07, 6.45) is 2.17. The van der Waals surface area contributed by atoms with Crippen LogP contribution in [0.4, 0.5) is 0 Å². The van der Waals surface area contributed by atoms with Crippen LogP contribution in [0.25, 0.3) is 17.1 Å². The first-order valence-electron chi connectivity index (χ1n) is 10.1. The standard InChI is InChI=1S/C23H26N4OS/c1-17-13-15-26(16-14-17)22(28)18(2)29-23-25-24-21(19-9-5-3-6-10-19)27(23)20-11-7-4-8-12-20/h3-12,17-18H,13-16H2,1-2H3. The van der Waals surface area contributed by atoms with Gasteiger partial charge in [0, 0.05) is 24.3 Å². The quantitative estimate of drug-likeness (QED) is 0.578. The Morgan fingerprint density at radius 3 is 2.28 bits per heavy atom. The van der Waals surface area contributed by atoms with Crippen LogP contribution in [0.15, 0.2) is 65.8 Å². The number of hydrogen-bond acceptors (Lipinski definition) is 4. The monoisotopic (exact) mass is 406 g/mol. The molecule has 1 fully saturated rings. The van der Waals surface area contributed by atoms with Gasteiger partial charge in [-0.15, -0.1) is 10.2 Å². The number of rotatable bonds is 5. The fourth-order valence-electron chi connectivity index (χ4n) is 3.62. The third-order valence-corrected chi connectivity index (χ3v) is 6.44. The van der Waals surface area contributed by atoms with Gasteiger partial charge in [-0.05, 0) is 37.8 Å². The molecule has 0 saturated carbocycles. The van der Waals surface area contributed by atoms with E-state index >= 15 is 0 Å². The molecular weight excluding hydrogens is 380 g/mol. The molecule has 1 aliphatic heterocycles. The maximum Gasteiger partial charge on any atom is 0.235 e. The first-order chi connectivity index (χ1) is 14.1. The van der Waals surface area contributed by atoms with E-state index in [1.165, 1.54) is 11.8 Å². The van der Waals surface area contributed by atoms with E-state index in [-0.39, 0.29) is 11.2 Å². The van der Waals surface area contributed by atoms with Crippen LogP contribution in [0.1, 0.15) is 26.7 Å². The average molecular weight is 407 g/mol. The number of benzene rings is 2. The molecule has 1 amide bonds. The second-order valence-corrected chi connectivity index (χ2v) is 8.92. The second kappa shape index (κ2) is 8.82. The Morgan fingerprint density at radius 2 is 1.62 bits per heavy atom. The number of nitrogens with zero attached hydrogens (tertiary/aromatic N) is 4. The summed E-state index contributed by atoms with van der Waals surface area (Å²) in [6, 6.07) is 20.1. The number of para-hydroxylation sites is 1. The van der Waals surface area contributed by atoms with Crippen LogP contribution in [0, 0.1) is 5.92 Å². The van der Waals surface area contributed by atoms with Gasteiger partial charge < -0.3 is 4.90 Å². The normalized spacial score (nSPS) is 16.0. The van der Waals surface area contributed by atoms with Crippen molar-refractivity contribution in [2.75, 3.05) is 13.1 Å². The van der Waals surface area contributed by atoms with Gasteiger partial charge in [-0.25, -0.2) is 0 Å². The van der Waals surface area contributed by atoms with Crippen molar-refractivity contribution in [1.82, 2.24) is 19.7 Å². The molecule has 5 nitrogen and oxygen atoms in total. The molecule has 1 unspecified atom stereocenters. The summed E-state index contributed by atoms with van der Waals surface area (Å²) < 4.78 is 2.04. The molecule has 29 heavy (non-hydrogen) atoms. The Bertz CT molecular complexity index is 950. The third kappa shape index (κ3) is 4.37. The molecule has 0 N–H and O–H groups in total. The van der Waals surface area contributed by atoms with Crippen molar-refractivity contribution in [2.24, 2.45) is 5.92 Å².